The first-order valence-electron chi connectivity index (χ1n) is 6.11. The van der Waals surface area contributed by atoms with Gasteiger partial charge in [-0.25, -0.2) is 0 Å². The van der Waals surface area contributed by atoms with Gasteiger partial charge in [-0.15, -0.1) is 11.3 Å². The molecule has 0 saturated heterocycles. The Morgan fingerprint density at radius 1 is 1.32 bits per heavy atom. The minimum absolute atomic E-state index is 0.137. The van der Waals surface area contributed by atoms with Crippen LogP contribution in [-0.4, -0.2) is 24.3 Å². The van der Waals surface area contributed by atoms with Gasteiger partial charge in [-0.3, -0.25) is 9.69 Å². The van der Waals surface area contributed by atoms with Gasteiger partial charge in [0.1, 0.15) is 0 Å². The van der Waals surface area contributed by atoms with E-state index in [1.165, 1.54) is 4.88 Å². The van der Waals surface area contributed by atoms with E-state index in [-0.39, 0.29) is 11.8 Å². The lowest BCUT2D eigenvalue weighted by Crippen LogP contribution is -2.28. The number of likely N-dealkylation sites (N-methyl/N-ethyl adjacent to an activating group) is 1. The number of thiophene rings is 1. The average Bonchev–Trinajstić information content (AvgIpc) is 2.92. The van der Waals surface area contributed by atoms with Gasteiger partial charge in [-0.05, 0) is 31.5 Å². The molecule has 0 aliphatic carbocycles. The Balaban J connectivity index is 2.05. The van der Waals surface area contributed by atoms with Crippen LogP contribution < -0.4 is 0 Å². The maximum atomic E-state index is 12.3. The number of hydrogen-bond acceptors (Lipinski definition) is 3. The first-order chi connectivity index (χ1) is 9.09. The van der Waals surface area contributed by atoms with Crippen LogP contribution in [0.2, 0.25) is 0 Å². The summed E-state index contributed by atoms with van der Waals surface area (Å²) < 4.78 is 0.858. The molecule has 0 radical (unpaired) electrons. The largest absolute Gasteiger partial charge is 0.293 e. The second kappa shape index (κ2) is 6.46. The minimum atomic E-state index is 0.137. The molecule has 0 aliphatic rings. The highest BCUT2D eigenvalue weighted by molar-refractivity contribution is 9.10. The van der Waals surface area contributed by atoms with Crippen molar-refractivity contribution in [2.45, 2.75) is 13.0 Å². The summed E-state index contributed by atoms with van der Waals surface area (Å²) in [5.41, 5.74) is 0.743. The molecule has 0 N–H and O–H groups in total. The van der Waals surface area contributed by atoms with E-state index < -0.39 is 0 Å². The monoisotopic (exact) mass is 337 g/mol. The summed E-state index contributed by atoms with van der Waals surface area (Å²) in [4.78, 5) is 15.6. The first-order valence-corrected chi connectivity index (χ1v) is 7.78. The molecule has 0 amide bonds. The molecule has 1 unspecified atom stereocenters. The molecular weight excluding hydrogens is 322 g/mol. The first kappa shape index (κ1) is 14.4. The second-order valence-electron chi connectivity index (χ2n) is 4.51. The summed E-state index contributed by atoms with van der Waals surface area (Å²) in [6, 6.07) is 12.0. The van der Waals surface area contributed by atoms with Crippen molar-refractivity contribution < 1.29 is 4.79 Å². The molecule has 19 heavy (non-hydrogen) atoms. The third kappa shape index (κ3) is 3.53. The second-order valence-corrected chi connectivity index (χ2v) is 6.34. The molecule has 0 aliphatic heterocycles. The zero-order chi connectivity index (χ0) is 13.8. The van der Waals surface area contributed by atoms with Crippen molar-refractivity contribution in [1.29, 1.82) is 0 Å². The third-order valence-corrected chi connectivity index (χ3v) is 4.92. The molecule has 1 aromatic carbocycles. The molecule has 4 heteroatoms. The maximum Gasteiger partial charge on any atom is 0.177 e. The number of ketones is 1. The number of benzene rings is 1. The number of halogens is 1. The lowest BCUT2D eigenvalue weighted by molar-refractivity contribution is 0.0925. The molecule has 1 atom stereocenters. The van der Waals surface area contributed by atoms with Crippen LogP contribution in [0.15, 0.2) is 46.3 Å². The quantitative estimate of drug-likeness (QED) is 0.754. The van der Waals surface area contributed by atoms with E-state index in [0.717, 1.165) is 10.0 Å². The molecule has 1 aromatic heterocycles. The van der Waals surface area contributed by atoms with E-state index in [0.29, 0.717) is 6.54 Å². The van der Waals surface area contributed by atoms with Crippen LogP contribution in [0.4, 0.5) is 0 Å². The van der Waals surface area contributed by atoms with E-state index in [2.05, 4.69) is 39.2 Å². The van der Waals surface area contributed by atoms with Crippen LogP contribution in [0.1, 0.15) is 28.2 Å². The number of carbonyl (C=O) groups is 1. The Hall–Kier alpha value is -0.970. The topological polar surface area (TPSA) is 20.3 Å². The molecule has 0 bridgehead atoms. The van der Waals surface area contributed by atoms with E-state index >= 15 is 0 Å². The Labute approximate surface area is 126 Å². The van der Waals surface area contributed by atoms with Crippen LogP contribution >= 0.6 is 27.3 Å². The van der Waals surface area contributed by atoms with Gasteiger partial charge in [0.05, 0.1) is 6.54 Å². The van der Waals surface area contributed by atoms with Gasteiger partial charge in [0.15, 0.2) is 5.78 Å². The van der Waals surface area contributed by atoms with Gasteiger partial charge in [-0.1, -0.05) is 40.2 Å². The van der Waals surface area contributed by atoms with Gasteiger partial charge in [0.2, 0.25) is 0 Å². The number of rotatable bonds is 5. The Morgan fingerprint density at radius 3 is 2.68 bits per heavy atom. The van der Waals surface area contributed by atoms with Gasteiger partial charge < -0.3 is 0 Å². The van der Waals surface area contributed by atoms with E-state index in [1.807, 2.05) is 37.4 Å². The predicted molar refractivity (Wildman–Crippen MR) is 83.8 cm³/mol. The zero-order valence-corrected chi connectivity index (χ0v) is 13.4. The van der Waals surface area contributed by atoms with Crippen molar-refractivity contribution in [3.05, 3.63) is 56.7 Å². The highest BCUT2D eigenvalue weighted by atomic mass is 79.9. The van der Waals surface area contributed by atoms with Crippen LogP contribution in [0.3, 0.4) is 0 Å². The third-order valence-electron chi connectivity index (χ3n) is 3.18. The molecular formula is C15H16BrNOS. The van der Waals surface area contributed by atoms with Crippen LogP contribution in [-0.2, 0) is 0 Å². The normalized spacial score (nSPS) is 12.6. The van der Waals surface area contributed by atoms with Gasteiger partial charge in [-0.2, -0.15) is 0 Å². The summed E-state index contributed by atoms with van der Waals surface area (Å²) in [5, 5.41) is 2.06. The van der Waals surface area contributed by atoms with E-state index in [9.17, 15) is 4.79 Å². The summed E-state index contributed by atoms with van der Waals surface area (Å²) in [7, 11) is 1.99. The average molecular weight is 338 g/mol. The number of Topliss-reactive ketones (excluding diaryl/α,β-unsaturated/α-hetero) is 1. The number of nitrogens with zero attached hydrogens (tertiary/aromatic N) is 1. The fourth-order valence-corrected chi connectivity index (χ4v) is 3.24. The van der Waals surface area contributed by atoms with Gasteiger partial charge >= 0.3 is 0 Å². The standard InChI is InChI=1S/C15H16BrNOS/c1-11(15-8-5-9-19-15)17(2)10-14(18)12-6-3-4-7-13(12)16/h3-9,11H,10H2,1-2H3. The van der Waals surface area contributed by atoms with Gasteiger partial charge in [0, 0.05) is 21.0 Å². The molecule has 100 valence electrons. The zero-order valence-electron chi connectivity index (χ0n) is 11.0. The van der Waals surface area contributed by atoms with Crippen molar-refractivity contribution >= 4 is 33.0 Å². The van der Waals surface area contributed by atoms with Crippen LogP contribution in [0, 0.1) is 0 Å². The molecule has 0 spiro atoms. The maximum absolute atomic E-state index is 12.3. The Bertz CT molecular complexity index is 553. The molecule has 2 aromatic rings. The van der Waals surface area contributed by atoms with E-state index in [4.69, 9.17) is 0 Å². The van der Waals surface area contributed by atoms with Crippen molar-refractivity contribution in [3.63, 3.8) is 0 Å². The van der Waals surface area contributed by atoms with Crippen LogP contribution in [0.25, 0.3) is 0 Å². The minimum Gasteiger partial charge on any atom is -0.293 e. The van der Waals surface area contributed by atoms with Crippen molar-refractivity contribution in [3.8, 4) is 0 Å². The summed E-state index contributed by atoms with van der Waals surface area (Å²) >= 11 is 5.15. The van der Waals surface area contributed by atoms with Crippen molar-refractivity contribution in [2.75, 3.05) is 13.6 Å². The summed E-state index contributed by atoms with van der Waals surface area (Å²) in [6.45, 7) is 2.54. The molecule has 0 saturated carbocycles. The number of hydrogen-bond donors (Lipinski definition) is 0. The molecule has 2 nitrogen and oxygen atoms in total. The van der Waals surface area contributed by atoms with Crippen molar-refractivity contribution in [1.82, 2.24) is 4.90 Å². The Morgan fingerprint density at radius 2 is 2.05 bits per heavy atom. The molecule has 1 heterocycles. The Kier molecular flexibility index (Phi) is 4.91. The fourth-order valence-electron chi connectivity index (χ4n) is 1.88. The summed E-state index contributed by atoms with van der Waals surface area (Å²) in [6.07, 6.45) is 0. The highest BCUT2D eigenvalue weighted by Crippen LogP contribution is 2.24. The lowest BCUT2D eigenvalue weighted by atomic mass is 10.1. The van der Waals surface area contributed by atoms with Crippen LogP contribution in [0.5, 0.6) is 0 Å². The van der Waals surface area contributed by atoms with E-state index in [1.54, 1.807) is 11.3 Å². The SMILES string of the molecule is CC(c1cccs1)N(C)CC(=O)c1ccccc1Br. The smallest absolute Gasteiger partial charge is 0.177 e. The molecule has 2 rings (SSSR count). The fraction of sp³-hybridized carbons (Fsp3) is 0.267. The van der Waals surface area contributed by atoms with Gasteiger partial charge in [0.25, 0.3) is 0 Å². The number of carbonyl (C=O) groups excluding carboxylic acids is 1. The molecule has 0 fully saturated rings. The predicted octanol–water partition coefficient (Wildman–Crippen LogP) is 4.39. The van der Waals surface area contributed by atoms with Crippen molar-refractivity contribution in [2.24, 2.45) is 0 Å². The summed E-state index contributed by atoms with van der Waals surface area (Å²) in [5.74, 6) is 0.137. The lowest BCUT2D eigenvalue weighted by Gasteiger charge is -2.23. The highest BCUT2D eigenvalue weighted by Gasteiger charge is 2.17.